The number of rotatable bonds is 2. The van der Waals surface area contributed by atoms with Crippen LogP contribution in [0.2, 0.25) is 5.02 Å². The molecule has 19 heavy (non-hydrogen) atoms. The highest BCUT2D eigenvalue weighted by Crippen LogP contribution is 2.28. The first-order valence-electron chi connectivity index (χ1n) is 6.38. The molecule has 0 atom stereocenters. The first-order valence-corrected chi connectivity index (χ1v) is 6.76. The summed E-state index contributed by atoms with van der Waals surface area (Å²) in [6, 6.07) is 5.24. The third kappa shape index (κ3) is 2.51. The van der Waals surface area contributed by atoms with Crippen molar-refractivity contribution in [2.24, 2.45) is 0 Å². The Morgan fingerprint density at radius 1 is 1.21 bits per heavy atom. The molecule has 1 fully saturated rings. The average molecular weight is 279 g/mol. The Labute approximate surface area is 116 Å². The van der Waals surface area contributed by atoms with Crippen LogP contribution in [0.1, 0.15) is 19.3 Å². The van der Waals surface area contributed by atoms with Crippen molar-refractivity contribution in [3.8, 4) is 11.5 Å². The first kappa shape index (κ1) is 12.3. The largest absolute Gasteiger partial charge is 0.398 e. The van der Waals surface area contributed by atoms with Crippen molar-refractivity contribution in [3.05, 3.63) is 23.2 Å². The van der Waals surface area contributed by atoms with Crippen molar-refractivity contribution in [2.45, 2.75) is 19.3 Å². The number of nitrogens with zero attached hydrogens (tertiary/aromatic N) is 3. The van der Waals surface area contributed by atoms with E-state index >= 15 is 0 Å². The lowest BCUT2D eigenvalue weighted by Crippen LogP contribution is -2.30. The number of piperidine rings is 1. The molecule has 1 saturated heterocycles. The van der Waals surface area contributed by atoms with Crippen LogP contribution in [-0.4, -0.2) is 23.2 Å². The van der Waals surface area contributed by atoms with Crippen molar-refractivity contribution in [3.63, 3.8) is 0 Å². The van der Waals surface area contributed by atoms with Gasteiger partial charge in [0.15, 0.2) is 0 Å². The number of aromatic nitrogens is 2. The van der Waals surface area contributed by atoms with Crippen LogP contribution < -0.4 is 10.6 Å². The summed E-state index contributed by atoms with van der Waals surface area (Å²) in [4.78, 5) is 6.56. The Morgan fingerprint density at radius 2 is 2.00 bits per heavy atom. The fourth-order valence-electron chi connectivity index (χ4n) is 2.28. The van der Waals surface area contributed by atoms with Crippen LogP contribution in [0.3, 0.4) is 0 Å². The lowest BCUT2D eigenvalue weighted by atomic mass is 10.1. The monoisotopic (exact) mass is 278 g/mol. The molecule has 0 saturated carbocycles. The molecule has 0 aliphatic carbocycles. The van der Waals surface area contributed by atoms with Crippen molar-refractivity contribution in [1.82, 2.24) is 10.1 Å². The van der Waals surface area contributed by atoms with E-state index in [1.165, 1.54) is 19.3 Å². The van der Waals surface area contributed by atoms with Gasteiger partial charge in [-0.3, -0.25) is 0 Å². The summed E-state index contributed by atoms with van der Waals surface area (Å²) in [5.74, 6) is 1.08. The summed E-state index contributed by atoms with van der Waals surface area (Å²) in [6.45, 7) is 1.96. The molecule has 2 aromatic rings. The Hall–Kier alpha value is -1.75. The van der Waals surface area contributed by atoms with Gasteiger partial charge in [0.2, 0.25) is 0 Å². The van der Waals surface area contributed by atoms with Gasteiger partial charge in [0.25, 0.3) is 11.8 Å². The normalized spacial score (nSPS) is 15.7. The van der Waals surface area contributed by atoms with E-state index in [1.54, 1.807) is 18.2 Å². The summed E-state index contributed by atoms with van der Waals surface area (Å²) in [5.41, 5.74) is 7.18. The highest BCUT2D eigenvalue weighted by molar-refractivity contribution is 6.31. The van der Waals surface area contributed by atoms with E-state index in [4.69, 9.17) is 21.9 Å². The van der Waals surface area contributed by atoms with E-state index in [0.29, 0.717) is 22.5 Å². The fraction of sp³-hybridized carbons (Fsp3) is 0.385. The molecule has 1 aromatic carbocycles. The van der Waals surface area contributed by atoms with E-state index in [-0.39, 0.29) is 0 Å². The summed E-state index contributed by atoms with van der Waals surface area (Å²) < 4.78 is 5.30. The van der Waals surface area contributed by atoms with Crippen LogP contribution in [0.15, 0.2) is 22.7 Å². The lowest BCUT2D eigenvalue weighted by molar-refractivity contribution is 0.426. The average Bonchev–Trinajstić information content (AvgIpc) is 2.89. The van der Waals surface area contributed by atoms with Crippen molar-refractivity contribution in [2.75, 3.05) is 23.7 Å². The van der Waals surface area contributed by atoms with Gasteiger partial charge in [-0.2, -0.15) is 4.98 Å². The van der Waals surface area contributed by atoms with Crippen LogP contribution in [0, 0.1) is 0 Å². The molecule has 0 spiro atoms. The maximum Gasteiger partial charge on any atom is 0.266 e. The minimum absolute atomic E-state index is 0.440. The number of hydrogen-bond acceptors (Lipinski definition) is 5. The second-order valence-corrected chi connectivity index (χ2v) is 5.12. The predicted octanol–water partition coefficient (Wildman–Crippen LogP) is 2.96. The van der Waals surface area contributed by atoms with E-state index in [0.717, 1.165) is 18.7 Å². The maximum atomic E-state index is 5.92. The molecule has 0 bridgehead atoms. The van der Waals surface area contributed by atoms with Crippen LogP contribution in [0.4, 0.5) is 11.6 Å². The van der Waals surface area contributed by atoms with Crippen LogP contribution in [0.25, 0.3) is 11.5 Å². The van der Waals surface area contributed by atoms with Crippen LogP contribution >= 0.6 is 11.6 Å². The third-order valence-corrected chi connectivity index (χ3v) is 3.53. The van der Waals surface area contributed by atoms with Crippen molar-refractivity contribution < 1.29 is 4.52 Å². The second-order valence-electron chi connectivity index (χ2n) is 4.68. The molecule has 6 heteroatoms. The molecular weight excluding hydrogens is 264 g/mol. The molecular formula is C13H15ClN4O. The van der Waals surface area contributed by atoms with Crippen LogP contribution in [0.5, 0.6) is 0 Å². The Balaban J connectivity index is 1.87. The molecule has 1 aliphatic heterocycles. The van der Waals surface area contributed by atoms with E-state index in [1.807, 2.05) is 0 Å². The zero-order valence-electron chi connectivity index (χ0n) is 10.5. The van der Waals surface area contributed by atoms with Gasteiger partial charge in [-0.15, -0.1) is 0 Å². The van der Waals surface area contributed by atoms with Gasteiger partial charge >= 0.3 is 0 Å². The van der Waals surface area contributed by atoms with Gasteiger partial charge < -0.3 is 15.2 Å². The smallest absolute Gasteiger partial charge is 0.266 e. The van der Waals surface area contributed by atoms with Gasteiger partial charge in [-0.1, -0.05) is 11.6 Å². The minimum Gasteiger partial charge on any atom is -0.398 e. The van der Waals surface area contributed by atoms with Gasteiger partial charge in [0, 0.05) is 23.8 Å². The second kappa shape index (κ2) is 5.09. The number of benzene rings is 1. The molecule has 0 unspecified atom stereocenters. The first-order chi connectivity index (χ1) is 9.24. The Kier molecular flexibility index (Phi) is 3.29. The van der Waals surface area contributed by atoms with Crippen molar-refractivity contribution >= 4 is 23.2 Å². The Morgan fingerprint density at radius 3 is 2.74 bits per heavy atom. The Bertz CT molecular complexity index is 578. The highest BCUT2D eigenvalue weighted by Gasteiger charge is 2.18. The highest BCUT2D eigenvalue weighted by atomic mass is 35.5. The number of anilines is 2. The van der Waals surface area contributed by atoms with Crippen LogP contribution in [-0.2, 0) is 0 Å². The predicted molar refractivity (Wildman–Crippen MR) is 75.2 cm³/mol. The molecule has 0 radical (unpaired) electrons. The van der Waals surface area contributed by atoms with Crippen molar-refractivity contribution in [1.29, 1.82) is 0 Å². The third-order valence-electron chi connectivity index (χ3n) is 3.30. The SMILES string of the molecule is Nc1cc(Cl)ccc1-c1nc(N2CCCCC2)no1. The summed E-state index contributed by atoms with van der Waals surface area (Å²) >= 11 is 5.88. The lowest BCUT2D eigenvalue weighted by Gasteiger charge is -2.24. The molecule has 3 rings (SSSR count). The zero-order valence-corrected chi connectivity index (χ0v) is 11.2. The maximum absolute atomic E-state index is 5.92. The van der Waals surface area contributed by atoms with Gasteiger partial charge in [0.05, 0.1) is 5.56 Å². The fourth-order valence-corrected chi connectivity index (χ4v) is 2.46. The number of nitrogens with two attached hydrogens (primary N) is 1. The molecule has 5 nitrogen and oxygen atoms in total. The standard InChI is InChI=1S/C13H15ClN4O/c14-9-4-5-10(11(15)8-9)12-16-13(17-19-12)18-6-2-1-3-7-18/h4-5,8H,1-3,6-7,15H2. The summed E-state index contributed by atoms with van der Waals surface area (Å²) in [7, 11) is 0. The summed E-state index contributed by atoms with van der Waals surface area (Å²) in [6.07, 6.45) is 3.62. The molecule has 2 heterocycles. The summed E-state index contributed by atoms with van der Waals surface area (Å²) in [5, 5.41) is 4.63. The molecule has 0 amide bonds. The molecule has 100 valence electrons. The topological polar surface area (TPSA) is 68.2 Å². The van der Waals surface area contributed by atoms with Gasteiger partial charge in [-0.05, 0) is 42.6 Å². The van der Waals surface area contributed by atoms with E-state index in [2.05, 4.69) is 15.0 Å². The molecule has 1 aliphatic rings. The quantitative estimate of drug-likeness (QED) is 0.856. The minimum atomic E-state index is 0.440. The number of hydrogen-bond donors (Lipinski definition) is 1. The van der Waals surface area contributed by atoms with Gasteiger partial charge in [0.1, 0.15) is 0 Å². The molecule has 2 N–H and O–H groups in total. The zero-order chi connectivity index (χ0) is 13.2. The number of halogens is 1. The van der Waals surface area contributed by atoms with E-state index in [9.17, 15) is 0 Å². The van der Waals surface area contributed by atoms with E-state index < -0.39 is 0 Å². The van der Waals surface area contributed by atoms with Gasteiger partial charge in [-0.25, -0.2) is 0 Å². The molecule has 1 aromatic heterocycles. The number of nitrogen functional groups attached to an aromatic ring is 1.